The fourth-order valence-electron chi connectivity index (χ4n) is 7.00. The molecule has 2 aromatic rings. The fraction of sp³-hybridized carbons (Fsp3) is 0.517. The number of nitrogens with zero attached hydrogens (tertiary/aromatic N) is 2. The van der Waals surface area contributed by atoms with E-state index in [1.807, 2.05) is 15.9 Å². The molecule has 2 aromatic carbocycles. The summed E-state index contributed by atoms with van der Waals surface area (Å²) < 4.78 is 0. The van der Waals surface area contributed by atoms with Crippen LogP contribution in [-0.2, 0) is 21.0 Å². The number of benzene rings is 2. The SMILES string of the molecule is CC(=O)N1CCN(C(=O)c2ccc3c(c2)C2(CC(C)(C)c4ccc(C)cc42)CC3(C)C)CC1. The first-order valence-corrected chi connectivity index (χ1v) is 12.3. The van der Waals surface area contributed by atoms with Gasteiger partial charge in [0.2, 0.25) is 5.91 Å². The highest BCUT2D eigenvalue weighted by molar-refractivity contribution is 5.95. The van der Waals surface area contributed by atoms with Gasteiger partial charge in [0.15, 0.2) is 0 Å². The number of rotatable bonds is 1. The highest BCUT2D eigenvalue weighted by atomic mass is 16.2. The van der Waals surface area contributed by atoms with Crippen LogP contribution in [0.3, 0.4) is 0 Å². The Balaban J connectivity index is 1.56. The van der Waals surface area contributed by atoms with E-state index in [1.165, 1.54) is 27.8 Å². The van der Waals surface area contributed by atoms with Crippen LogP contribution in [0.15, 0.2) is 36.4 Å². The molecule has 5 rings (SSSR count). The molecular formula is C29H36N2O2. The minimum Gasteiger partial charge on any atom is -0.339 e. The zero-order chi connectivity index (χ0) is 23.8. The van der Waals surface area contributed by atoms with Crippen LogP contribution in [0.5, 0.6) is 0 Å². The Labute approximate surface area is 198 Å². The van der Waals surface area contributed by atoms with Gasteiger partial charge in [0.05, 0.1) is 0 Å². The molecule has 0 bridgehead atoms. The topological polar surface area (TPSA) is 40.6 Å². The molecular weight excluding hydrogens is 408 g/mol. The molecule has 1 spiro atoms. The summed E-state index contributed by atoms with van der Waals surface area (Å²) in [5, 5.41) is 0. The third-order valence-corrected chi connectivity index (χ3v) is 8.43. The van der Waals surface area contributed by atoms with Crippen LogP contribution in [0.25, 0.3) is 0 Å². The van der Waals surface area contributed by atoms with Gasteiger partial charge in [-0.2, -0.15) is 0 Å². The van der Waals surface area contributed by atoms with Crippen LogP contribution in [0.2, 0.25) is 0 Å². The van der Waals surface area contributed by atoms with Gasteiger partial charge in [0.1, 0.15) is 0 Å². The number of amides is 2. The van der Waals surface area contributed by atoms with Crippen LogP contribution in [0.4, 0.5) is 0 Å². The molecule has 1 unspecified atom stereocenters. The molecule has 3 aliphatic rings. The summed E-state index contributed by atoms with van der Waals surface area (Å²) in [6.07, 6.45) is 2.15. The molecule has 33 heavy (non-hydrogen) atoms. The monoisotopic (exact) mass is 444 g/mol. The molecule has 0 N–H and O–H groups in total. The Kier molecular flexibility index (Phi) is 4.83. The Morgan fingerprint density at radius 2 is 1.24 bits per heavy atom. The Bertz CT molecular complexity index is 1150. The van der Waals surface area contributed by atoms with Crippen LogP contribution in [0.1, 0.15) is 85.6 Å². The summed E-state index contributed by atoms with van der Waals surface area (Å²) in [7, 11) is 0. The number of piperazine rings is 1. The molecule has 0 aromatic heterocycles. The smallest absolute Gasteiger partial charge is 0.253 e. The average Bonchev–Trinajstić information content (AvgIpc) is 3.12. The fourth-order valence-corrected chi connectivity index (χ4v) is 7.00. The highest BCUT2D eigenvalue weighted by Crippen LogP contribution is 2.62. The quantitative estimate of drug-likeness (QED) is 0.625. The number of fused-ring (bicyclic) bond motifs is 4. The summed E-state index contributed by atoms with van der Waals surface area (Å²) in [6.45, 7) is 15.6. The van der Waals surface area contributed by atoms with Crippen LogP contribution < -0.4 is 0 Å². The second-order valence-electron chi connectivity index (χ2n) is 11.8. The Morgan fingerprint density at radius 1 is 0.727 bits per heavy atom. The van der Waals surface area contributed by atoms with Crippen molar-refractivity contribution in [3.63, 3.8) is 0 Å². The lowest BCUT2D eigenvalue weighted by atomic mass is 9.72. The first-order chi connectivity index (χ1) is 15.4. The van der Waals surface area contributed by atoms with Crippen molar-refractivity contribution in [2.45, 2.75) is 70.6 Å². The lowest BCUT2D eigenvalue weighted by molar-refractivity contribution is -0.130. The number of aryl methyl sites for hydroxylation is 1. The maximum atomic E-state index is 13.5. The van der Waals surface area contributed by atoms with Crippen molar-refractivity contribution in [2.75, 3.05) is 26.2 Å². The van der Waals surface area contributed by atoms with Gasteiger partial charge in [-0.25, -0.2) is 0 Å². The van der Waals surface area contributed by atoms with Gasteiger partial charge in [0.25, 0.3) is 5.91 Å². The molecule has 1 heterocycles. The summed E-state index contributed by atoms with van der Waals surface area (Å²) in [5.74, 6) is 0.171. The van der Waals surface area contributed by atoms with Crippen molar-refractivity contribution >= 4 is 11.8 Å². The van der Waals surface area contributed by atoms with Crippen molar-refractivity contribution in [3.8, 4) is 0 Å². The van der Waals surface area contributed by atoms with Gasteiger partial charge < -0.3 is 9.80 Å². The predicted octanol–water partition coefficient (Wildman–Crippen LogP) is 4.95. The standard InChI is InChI=1S/C29H36N2O2/c1-19-7-9-22-24(15-19)29(17-27(22,3)4)18-28(5,6)23-10-8-21(16-25(23)29)26(33)31-13-11-30(12-14-31)20(2)32/h7-10,15-16H,11-14,17-18H2,1-6H3. The summed E-state index contributed by atoms with van der Waals surface area (Å²) >= 11 is 0. The molecule has 174 valence electrons. The third kappa shape index (κ3) is 3.33. The number of hydrogen-bond donors (Lipinski definition) is 0. The number of carbonyl (C=O) groups excluding carboxylic acids is 2. The second-order valence-corrected chi connectivity index (χ2v) is 11.8. The lowest BCUT2D eigenvalue weighted by Gasteiger charge is -2.34. The van der Waals surface area contributed by atoms with Crippen molar-refractivity contribution in [3.05, 3.63) is 69.8 Å². The second kappa shape index (κ2) is 7.19. The molecule has 1 saturated heterocycles. The molecule has 1 atom stereocenters. The average molecular weight is 445 g/mol. The van der Waals surface area contributed by atoms with E-state index in [-0.39, 0.29) is 28.1 Å². The van der Waals surface area contributed by atoms with E-state index in [0.717, 1.165) is 18.4 Å². The first-order valence-electron chi connectivity index (χ1n) is 12.3. The van der Waals surface area contributed by atoms with Crippen molar-refractivity contribution in [1.82, 2.24) is 9.80 Å². The minimum absolute atomic E-state index is 0.0483. The van der Waals surface area contributed by atoms with Crippen LogP contribution in [0, 0.1) is 6.92 Å². The van der Waals surface area contributed by atoms with Crippen LogP contribution in [-0.4, -0.2) is 47.8 Å². The molecule has 1 fully saturated rings. The van der Waals surface area contributed by atoms with Crippen molar-refractivity contribution in [1.29, 1.82) is 0 Å². The van der Waals surface area contributed by atoms with E-state index >= 15 is 0 Å². The molecule has 2 aliphatic carbocycles. The largest absolute Gasteiger partial charge is 0.339 e. The predicted molar refractivity (Wildman–Crippen MR) is 132 cm³/mol. The van der Waals surface area contributed by atoms with Crippen LogP contribution >= 0.6 is 0 Å². The summed E-state index contributed by atoms with van der Waals surface area (Å²) in [6, 6.07) is 13.4. The third-order valence-electron chi connectivity index (χ3n) is 8.43. The van der Waals surface area contributed by atoms with E-state index in [1.54, 1.807) is 6.92 Å². The summed E-state index contributed by atoms with van der Waals surface area (Å²) in [4.78, 5) is 28.9. The first kappa shape index (κ1) is 22.2. The van der Waals surface area contributed by atoms with Gasteiger partial charge in [0, 0.05) is 44.1 Å². The molecule has 4 nitrogen and oxygen atoms in total. The molecule has 1 aliphatic heterocycles. The van der Waals surface area contributed by atoms with E-state index in [0.29, 0.717) is 26.2 Å². The van der Waals surface area contributed by atoms with E-state index in [4.69, 9.17) is 0 Å². The highest BCUT2D eigenvalue weighted by Gasteiger charge is 2.56. The minimum atomic E-state index is -0.0483. The number of carbonyl (C=O) groups is 2. The normalized spacial score (nSPS) is 24.7. The van der Waals surface area contributed by atoms with E-state index < -0.39 is 0 Å². The van der Waals surface area contributed by atoms with Gasteiger partial charge in [-0.3, -0.25) is 9.59 Å². The maximum Gasteiger partial charge on any atom is 0.253 e. The molecule has 2 amide bonds. The van der Waals surface area contributed by atoms with Crippen molar-refractivity contribution in [2.24, 2.45) is 0 Å². The zero-order valence-electron chi connectivity index (χ0n) is 20.9. The Morgan fingerprint density at radius 3 is 1.82 bits per heavy atom. The number of hydrogen-bond acceptors (Lipinski definition) is 2. The maximum absolute atomic E-state index is 13.5. The van der Waals surface area contributed by atoms with E-state index in [2.05, 4.69) is 65.0 Å². The Hall–Kier alpha value is -2.62. The molecule has 0 radical (unpaired) electrons. The van der Waals surface area contributed by atoms with E-state index in [9.17, 15) is 9.59 Å². The zero-order valence-corrected chi connectivity index (χ0v) is 20.9. The van der Waals surface area contributed by atoms with Gasteiger partial charge >= 0.3 is 0 Å². The molecule has 4 heteroatoms. The van der Waals surface area contributed by atoms with Crippen molar-refractivity contribution < 1.29 is 9.59 Å². The van der Waals surface area contributed by atoms with Gasteiger partial charge in [-0.05, 0) is 65.0 Å². The summed E-state index contributed by atoms with van der Waals surface area (Å²) in [5.41, 5.74) is 7.83. The van der Waals surface area contributed by atoms with Gasteiger partial charge in [-0.15, -0.1) is 0 Å². The lowest BCUT2D eigenvalue weighted by Crippen LogP contribution is -2.50. The van der Waals surface area contributed by atoms with Gasteiger partial charge in [-0.1, -0.05) is 57.5 Å². The molecule has 0 saturated carbocycles.